The van der Waals surface area contributed by atoms with Crippen LogP contribution in [0.25, 0.3) is 0 Å². The lowest BCUT2D eigenvalue weighted by Gasteiger charge is -2.34. The van der Waals surface area contributed by atoms with E-state index < -0.39 is 10.0 Å². The lowest BCUT2D eigenvalue weighted by Crippen LogP contribution is -2.43. The van der Waals surface area contributed by atoms with Gasteiger partial charge in [-0.25, -0.2) is 18.4 Å². The molecule has 0 bridgehead atoms. The van der Waals surface area contributed by atoms with Crippen LogP contribution in [0, 0.1) is 0 Å². The summed E-state index contributed by atoms with van der Waals surface area (Å²) in [6, 6.07) is 0.0984. The first kappa shape index (κ1) is 14.2. The number of nitrogens with two attached hydrogens (primary N) is 1. The minimum atomic E-state index is -3.50. The van der Waals surface area contributed by atoms with Gasteiger partial charge >= 0.3 is 0 Å². The molecule has 7 heteroatoms. The Hall–Kier alpha value is -1.21. The Balaban J connectivity index is 2.28. The summed E-state index contributed by atoms with van der Waals surface area (Å²) in [4.78, 5) is 7.67. The summed E-state index contributed by atoms with van der Waals surface area (Å²) >= 11 is 0. The molecule has 0 radical (unpaired) electrons. The fourth-order valence-electron chi connectivity index (χ4n) is 2.51. The van der Waals surface area contributed by atoms with Crippen LogP contribution in [0.15, 0.2) is 17.3 Å². The van der Waals surface area contributed by atoms with Crippen LogP contribution >= 0.6 is 0 Å². The fourth-order valence-corrected chi connectivity index (χ4v) is 4.12. The topological polar surface area (TPSA) is 89.2 Å². The van der Waals surface area contributed by atoms with Gasteiger partial charge in [-0.1, -0.05) is 19.8 Å². The fraction of sp³-hybridized carbons (Fsp3) is 0.667. The van der Waals surface area contributed by atoms with Crippen LogP contribution in [0.3, 0.4) is 0 Å². The Kier molecular flexibility index (Phi) is 4.36. The number of anilines is 1. The zero-order valence-electron chi connectivity index (χ0n) is 11.1. The van der Waals surface area contributed by atoms with Gasteiger partial charge < -0.3 is 5.73 Å². The van der Waals surface area contributed by atoms with Gasteiger partial charge in [-0.3, -0.25) is 0 Å². The molecule has 0 aliphatic carbocycles. The molecule has 1 unspecified atom stereocenters. The average Bonchev–Trinajstić information content (AvgIpc) is 2.40. The number of piperidine rings is 1. The van der Waals surface area contributed by atoms with Gasteiger partial charge in [0.25, 0.3) is 0 Å². The summed E-state index contributed by atoms with van der Waals surface area (Å²) in [6.45, 7) is 2.66. The third-order valence-corrected chi connectivity index (χ3v) is 5.35. The van der Waals surface area contributed by atoms with Crippen molar-refractivity contribution in [3.63, 3.8) is 0 Å². The number of nitrogen functional groups attached to an aromatic ring is 1. The molecule has 106 valence electrons. The third kappa shape index (κ3) is 3.03. The number of hydrogen-bond donors (Lipinski definition) is 1. The maximum absolute atomic E-state index is 12.6. The zero-order valence-corrected chi connectivity index (χ0v) is 11.9. The van der Waals surface area contributed by atoms with E-state index in [2.05, 4.69) is 16.9 Å². The van der Waals surface area contributed by atoms with Crippen molar-refractivity contribution in [2.75, 3.05) is 12.3 Å². The van der Waals surface area contributed by atoms with E-state index in [1.54, 1.807) is 4.31 Å². The second-order valence-corrected chi connectivity index (χ2v) is 6.72. The molecule has 0 aromatic carbocycles. The van der Waals surface area contributed by atoms with Crippen LogP contribution in [0.5, 0.6) is 0 Å². The molecule has 19 heavy (non-hydrogen) atoms. The molecule has 1 atom stereocenters. The molecular weight excluding hydrogens is 264 g/mol. The van der Waals surface area contributed by atoms with Crippen LogP contribution < -0.4 is 5.73 Å². The molecule has 1 saturated heterocycles. The highest BCUT2D eigenvalue weighted by atomic mass is 32.2. The number of hydrogen-bond acceptors (Lipinski definition) is 5. The van der Waals surface area contributed by atoms with E-state index in [4.69, 9.17) is 5.73 Å². The van der Waals surface area contributed by atoms with Crippen LogP contribution in [0.4, 0.5) is 5.95 Å². The van der Waals surface area contributed by atoms with E-state index in [0.717, 1.165) is 32.1 Å². The number of rotatable bonds is 4. The van der Waals surface area contributed by atoms with Gasteiger partial charge in [-0.05, 0) is 19.3 Å². The van der Waals surface area contributed by atoms with Gasteiger partial charge in [0, 0.05) is 12.6 Å². The first-order chi connectivity index (χ1) is 9.05. The van der Waals surface area contributed by atoms with Crippen molar-refractivity contribution in [2.45, 2.75) is 50.0 Å². The van der Waals surface area contributed by atoms with Crippen molar-refractivity contribution in [1.29, 1.82) is 0 Å². The third-order valence-electron chi connectivity index (χ3n) is 3.45. The van der Waals surface area contributed by atoms with Crippen LogP contribution in [-0.4, -0.2) is 35.3 Å². The monoisotopic (exact) mass is 284 g/mol. The second kappa shape index (κ2) is 5.83. The largest absolute Gasteiger partial charge is 0.368 e. The van der Waals surface area contributed by atoms with Gasteiger partial charge in [0.05, 0.1) is 12.4 Å². The number of nitrogens with zero attached hydrogens (tertiary/aromatic N) is 3. The molecular formula is C12H20N4O2S. The maximum Gasteiger partial charge on any atom is 0.246 e. The first-order valence-electron chi connectivity index (χ1n) is 6.65. The normalized spacial score (nSPS) is 21.4. The molecule has 2 rings (SSSR count). The summed E-state index contributed by atoms with van der Waals surface area (Å²) in [6.07, 6.45) is 7.39. The van der Waals surface area contributed by atoms with Crippen LogP contribution in [0.1, 0.15) is 39.0 Å². The van der Waals surface area contributed by atoms with Crippen molar-refractivity contribution in [3.8, 4) is 0 Å². The zero-order chi connectivity index (χ0) is 13.9. The molecule has 1 aromatic rings. The molecule has 1 aromatic heterocycles. The molecule has 0 amide bonds. The van der Waals surface area contributed by atoms with Gasteiger partial charge in [-0.2, -0.15) is 4.31 Å². The minimum absolute atomic E-state index is 0.0858. The van der Waals surface area contributed by atoms with E-state index in [0.29, 0.717) is 6.54 Å². The van der Waals surface area contributed by atoms with Gasteiger partial charge in [0.2, 0.25) is 16.0 Å². The summed E-state index contributed by atoms with van der Waals surface area (Å²) in [5, 5.41) is 0. The Labute approximate surface area is 114 Å². The van der Waals surface area contributed by atoms with E-state index >= 15 is 0 Å². The molecule has 2 heterocycles. The summed E-state index contributed by atoms with van der Waals surface area (Å²) < 4.78 is 26.8. The van der Waals surface area contributed by atoms with Crippen LogP contribution in [-0.2, 0) is 10.0 Å². The van der Waals surface area contributed by atoms with Gasteiger partial charge in [0.1, 0.15) is 4.90 Å². The second-order valence-electron chi connectivity index (χ2n) is 4.83. The molecule has 0 saturated carbocycles. The lowest BCUT2D eigenvalue weighted by molar-refractivity contribution is 0.239. The van der Waals surface area contributed by atoms with E-state index in [9.17, 15) is 8.42 Å². The number of aromatic nitrogens is 2. The highest BCUT2D eigenvalue weighted by Gasteiger charge is 2.33. The first-order valence-corrected chi connectivity index (χ1v) is 8.09. The quantitative estimate of drug-likeness (QED) is 0.902. The molecule has 0 spiro atoms. The van der Waals surface area contributed by atoms with E-state index in [1.165, 1.54) is 12.4 Å². The van der Waals surface area contributed by atoms with Crippen molar-refractivity contribution < 1.29 is 8.42 Å². The van der Waals surface area contributed by atoms with Gasteiger partial charge in [0.15, 0.2) is 0 Å². The Morgan fingerprint density at radius 2 is 2.05 bits per heavy atom. The lowest BCUT2D eigenvalue weighted by atomic mass is 10.0. The smallest absolute Gasteiger partial charge is 0.246 e. The summed E-state index contributed by atoms with van der Waals surface area (Å²) in [5.41, 5.74) is 5.39. The highest BCUT2D eigenvalue weighted by Crippen LogP contribution is 2.27. The molecule has 6 nitrogen and oxygen atoms in total. The van der Waals surface area contributed by atoms with Gasteiger partial charge in [-0.15, -0.1) is 0 Å². The predicted molar refractivity (Wildman–Crippen MR) is 72.9 cm³/mol. The average molecular weight is 284 g/mol. The van der Waals surface area contributed by atoms with Crippen molar-refractivity contribution in [1.82, 2.24) is 14.3 Å². The number of sulfonamides is 1. The molecule has 1 fully saturated rings. The molecule has 1 aliphatic heterocycles. The Morgan fingerprint density at radius 3 is 2.68 bits per heavy atom. The highest BCUT2D eigenvalue weighted by molar-refractivity contribution is 7.89. The van der Waals surface area contributed by atoms with E-state index in [1.807, 2.05) is 0 Å². The Morgan fingerprint density at radius 1 is 1.37 bits per heavy atom. The van der Waals surface area contributed by atoms with Crippen LogP contribution in [0.2, 0.25) is 0 Å². The summed E-state index contributed by atoms with van der Waals surface area (Å²) in [7, 11) is -3.50. The van der Waals surface area contributed by atoms with Crippen molar-refractivity contribution in [2.24, 2.45) is 0 Å². The minimum Gasteiger partial charge on any atom is -0.368 e. The standard InChI is InChI=1S/C12H20N4O2S/c1-2-5-10-6-3-4-7-16(10)19(17,18)11-8-14-12(13)15-9-11/h8-10H,2-7H2,1H3,(H2,13,14,15). The predicted octanol–water partition coefficient (Wildman–Crippen LogP) is 1.40. The molecule has 1 aliphatic rings. The van der Waals surface area contributed by atoms with Crippen molar-refractivity contribution in [3.05, 3.63) is 12.4 Å². The van der Waals surface area contributed by atoms with E-state index in [-0.39, 0.29) is 16.9 Å². The molecule has 2 N–H and O–H groups in total. The summed E-state index contributed by atoms with van der Waals surface area (Å²) in [5.74, 6) is 0.0858. The van der Waals surface area contributed by atoms with Crippen molar-refractivity contribution >= 4 is 16.0 Å². The SMILES string of the molecule is CCCC1CCCCN1S(=O)(=O)c1cnc(N)nc1. The Bertz CT molecular complexity index is 513. The maximum atomic E-state index is 12.6.